The molecule has 0 amide bonds. The Bertz CT molecular complexity index is 741. The summed E-state index contributed by atoms with van der Waals surface area (Å²) in [4.78, 5) is 10.6. The standard InChI is InChI=1S/C21H30N4O3/c1-3-27-10-11-28-19-6-4-18(5-7-19)13-22-14-21(26)8-9-25(15-21)20-12-17(2)23-16-24-20/h4-7,12,16,22,26H,3,8-11,13-15H2,1-2H3/t21-/m1/s1. The molecule has 2 heterocycles. The fraction of sp³-hybridized carbons (Fsp3) is 0.524. The van der Waals surface area contributed by atoms with E-state index in [-0.39, 0.29) is 0 Å². The van der Waals surface area contributed by atoms with Crippen LogP contribution in [-0.2, 0) is 11.3 Å². The van der Waals surface area contributed by atoms with Gasteiger partial charge in [-0.25, -0.2) is 9.97 Å². The van der Waals surface area contributed by atoms with Crippen LogP contribution in [-0.4, -0.2) is 60.1 Å². The molecule has 0 aliphatic carbocycles. The maximum Gasteiger partial charge on any atom is 0.132 e. The monoisotopic (exact) mass is 386 g/mol. The molecule has 7 nitrogen and oxygen atoms in total. The molecule has 1 aromatic heterocycles. The first kappa shape index (κ1) is 20.5. The topological polar surface area (TPSA) is 79.7 Å². The van der Waals surface area contributed by atoms with Crippen molar-refractivity contribution in [3.8, 4) is 5.75 Å². The number of aryl methyl sites for hydroxylation is 1. The molecule has 0 saturated carbocycles. The highest BCUT2D eigenvalue weighted by Gasteiger charge is 2.36. The quantitative estimate of drug-likeness (QED) is 0.604. The zero-order chi connectivity index (χ0) is 19.8. The summed E-state index contributed by atoms with van der Waals surface area (Å²) < 4.78 is 10.9. The lowest BCUT2D eigenvalue weighted by Crippen LogP contribution is -2.43. The molecule has 2 aromatic rings. The number of nitrogens with one attached hydrogen (secondary N) is 1. The SMILES string of the molecule is CCOCCOc1ccc(CNC[C@]2(O)CCN(c3cc(C)ncn3)C2)cc1. The van der Waals surface area contributed by atoms with E-state index in [1.807, 2.05) is 44.2 Å². The minimum absolute atomic E-state index is 0.542. The molecular formula is C21H30N4O3. The maximum atomic E-state index is 10.9. The van der Waals surface area contributed by atoms with Crippen molar-refractivity contribution in [2.24, 2.45) is 0 Å². The molecule has 1 saturated heterocycles. The van der Waals surface area contributed by atoms with E-state index in [9.17, 15) is 5.11 Å². The molecule has 1 atom stereocenters. The van der Waals surface area contributed by atoms with Gasteiger partial charge in [0.25, 0.3) is 0 Å². The lowest BCUT2D eigenvalue weighted by Gasteiger charge is -2.24. The van der Waals surface area contributed by atoms with Crippen molar-refractivity contribution >= 4 is 5.82 Å². The highest BCUT2D eigenvalue weighted by atomic mass is 16.5. The normalized spacial score (nSPS) is 19.2. The van der Waals surface area contributed by atoms with Crippen LogP contribution in [0.1, 0.15) is 24.6 Å². The van der Waals surface area contributed by atoms with E-state index in [0.29, 0.717) is 39.5 Å². The Morgan fingerprint density at radius 1 is 1.21 bits per heavy atom. The molecule has 28 heavy (non-hydrogen) atoms. The average Bonchev–Trinajstić information content (AvgIpc) is 3.09. The molecule has 1 aromatic carbocycles. The van der Waals surface area contributed by atoms with Crippen molar-refractivity contribution in [3.05, 3.63) is 47.9 Å². The first-order valence-electron chi connectivity index (χ1n) is 9.84. The highest BCUT2D eigenvalue weighted by molar-refractivity contribution is 5.41. The Kier molecular flexibility index (Phi) is 7.19. The number of aliphatic hydroxyl groups is 1. The van der Waals surface area contributed by atoms with Crippen molar-refractivity contribution in [3.63, 3.8) is 0 Å². The summed E-state index contributed by atoms with van der Waals surface area (Å²) in [7, 11) is 0. The highest BCUT2D eigenvalue weighted by Crippen LogP contribution is 2.25. The van der Waals surface area contributed by atoms with E-state index >= 15 is 0 Å². The molecule has 1 aliphatic heterocycles. The van der Waals surface area contributed by atoms with Gasteiger partial charge in [-0.3, -0.25) is 0 Å². The summed E-state index contributed by atoms with van der Waals surface area (Å²) in [6.07, 6.45) is 2.29. The Labute approximate surface area is 166 Å². The predicted octanol–water partition coefficient (Wildman–Crippen LogP) is 1.93. The molecule has 0 spiro atoms. The summed E-state index contributed by atoms with van der Waals surface area (Å²) in [5.41, 5.74) is 1.34. The van der Waals surface area contributed by atoms with Crippen molar-refractivity contribution in [1.29, 1.82) is 0 Å². The van der Waals surface area contributed by atoms with Gasteiger partial charge in [0.15, 0.2) is 0 Å². The summed E-state index contributed by atoms with van der Waals surface area (Å²) in [5.74, 6) is 1.72. The zero-order valence-electron chi connectivity index (χ0n) is 16.7. The van der Waals surface area contributed by atoms with Crippen molar-refractivity contribution in [2.75, 3.05) is 44.4 Å². The fourth-order valence-corrected chi connectivity index (χ4v) is 3.32. The van der Waals surface area contributed by atoms with E-state index in [0.717, 1.165) is 35.8 Å². The van der Waals surface area contributed by atoms with E-state index in [4.69, 9.17) is 9.47 Å². The van der Waals surface area contributed by atoms with Crippen LogP contribution in [0.25, 0.3) is 0 Å². The Morgan fingerprint density at radius 3 is 2.79 bits per heavy atom. The van der Waals surface area contributed by atoms with Crippen LogP contribution >= 0.6 is 0 Å². The number of nitrogens with zero attached hydrogens (tertiary/aromatic N) is 3. The van der Waals surface area contributed by atoms with Crippen molar-refractivity contribution < 1.29 is 14.6 Å². The van der Waals surface area contributed by atoms with Gasteiger partial charge >= 0.3 is 0 Å². The largest absolute Gasteiger partial charge is 0.491 e. The van der Waals surface area contributed by atoms with Crippen molar-refractivity contribution in [1.82, 2.24) is 15.3 Å². The Hall–Kier alpha value is -2.22. The molecule has 152 valence electrons. The maximum absolute atomic E-state index is 10.9. The Morgan fingerprint density at radius 2 is 2.04 bits per heavy atom. The molecule has 1 fully saturated rings. The molecule has 0 bridgehead atoms. The second-order valence-electron chi connectivity index (χ2n) is 7.21. The number of rotatable bonds is 10. The number of aromatic nitrogens is 2. The van der Waals surface area contributed by atoms with Gasteiger partial charge in [0, 0.05) is 44.5 Å². The van der Waals surface area contributed by atoms with Crippen LogP contribution in [0.15, 0.2) is 36.7 Å². The van der Waals surface area contributed by atoms with Crippen LogP contribution in [0.4, 0.5) is 5.82 Å². The minimum atomic E-state index is -0.749. The zero-order valence-corrected chi connectivity index (χ0v) is 16.7. The van der Waals surface area contributed by atoms with Gasteiger partial charge in [-0.2, -0.15) is 0 Å². The number of hydrogen-bond acceptors (Lipinski definition) is 7. The number of hydrogen-bond donors (Lipinski definition) is 2. The number of anilines is 1. The molecule has 2 N–H and O–H groups in total. The van der Waals surface area contributed by atoms with E-state index < -0.39 is 5.60 Å². The van der Waals surface area contributed by atoms with E-state index in [1.54, 1.807) is 6.33 Å². The van der Waals surface area contributed by atoms with Gasteiger partial charge in [-0.1, -0.05) is 12.1 Å². The number of benzene rings is 1. The van der Waals surface area contributed by atoms with E-state index in [2.05, 4.69) is 20.2 Å². The first-order chi connectivity index (χ1) is 13.6. The summed E-state index contributed by atoms with van der Waals surface area (Å²) >= 11 is 0. The molecule has 1 aliphatic rings. The smallest absolute Gasteiger partial charge is 0.132 e. The van der Waals surface area contributed by atoms with Gasteiger partial charge in [0.05, 0.1) is 12.2 Å². The third kappa shape index (κ3) is 5.89. The summed E-state index contributed by atoms with van der Waals surface area (Å²) in [6.45, 7) is 8.39. The van der Waals surface area contributed by atoms with Crippen LogP contribution in [0, 0.1) is 6.92 Å². The van der Waals surface area contributed by atoms with E-state index in [1.165, 1.54) is 0 Å². The van der Waals surface area contributed by atoms with Gasteiger partial charge in [0.2, 0.25) is 0 Å². The number of ether oxygens (including phenoxy) is 2. The van der Waals surface area contributed by atoms with Gasteiger partial charge in [-0.15, -0.1) is 0 Å². The number of β-amino-alcohol motifs (C(OH)–C–C–N with tert-alkyl or cyclic N) is 1. The minimum Gasteiger partial charge on any atom is -0.491 e. The third-order valence-corrected chi connectivity index (χ3v) is 4.85. The van der Waals surface area contributed by atoms with Crippen LogP contribution in [0.5, 0.6) is 5.75 Å². The van der Waals surface area contributed by atoms with Gasteiger partial charge in [0.1, 0.15) is 24.5 Å². The molecular weight excluding hydrogens is 356 g/mol. The molecule has 0 unspecified atom stereocenters. The second kappa shape index (κ2) is 9.82. The fourth-order valence-electron chi connectivity index (χ4n) is 3.32. The van der Waals surface area contributed by atoms with Crippen LogP contribution in [0.2, 0.25) is 0 Å². The predicted molar refractivity (Wildman–Crippen MR) is 109 cm³/mol. The third-order valence-electron chi connectivity index (χ3n) is 4.85. The Balaban J connectivity index is 1.42. The summed E-state index contributed by atoms with van der Waals surface area (Å²) in [6, 6.07) is 9.96. The van der Waals surface area contributed by atoms with Crippen LogP contribution < -0.4 is 15.0 Å². The molecule has 0 radical (unpaired) electrons. The first-order valence-corrected chi connectivity index (χ1v) is 9.84. The molecule has 3 rings (SSSR count). The second-order valence-corrected chi connectivity index (χ2v) is 7.21. The summed E-state index contributed by atoms with van der Waals surface area (Å²) in [5, 5.41) is 14.3. The lowest BCUT2D eigenvalue weighted by molar-refractivity contribution is 0.0626. The van der Waals surface area contributed by atoms with Crippen LogP contribution in [0.3, 0.4) is 0 Å². The van der Waals surface area contributed by atoms with Gasteiger partial charge < -0.3 is 24.8 Å². The molecule has 7 heteroatoms. The average molecular weight is 386 g/mol. The van der Waals surface area contributed by atoms with Crippen molar-refractivity contribution in [2.45, 2.75) is 32.4 Å². The van der Waals surface area contributed by atoms with Gasteiger partial charge in [-0.05, 0) is 38.0 Å². The lowest BCUT2D eigenvalue weighted by atomic mass is 10.0.